The average Bonchev–Trinajstić information content (AvgIpc) is 3.21. The van der Waals surface area contributed by atoms with E-state index in [1.54, 1.807) is 31.5 Å². The van der Waals surface area contributed by atoms with Crippen molar-refractivity contribution in [2.45, 2.75) is 6.61 Å². The molecule has 0 aliphatic rings. The van der Waals surface area contributed by atoms with Gasteiger partial charge in [-0.05, 0) is 17.2 Å². The number of aromatic nitrogens is 2. The zero-order valence-electron chi connectivity index (χ0n) is 14.0. The summed E-state index contributed by atoms with van der Waals surface area (Å²) in [6.45, 7) is -0.0177. The predicted molar refractivity (Wildman–Crippen MR) is 98.0 cm³/mol. The van der Waals surface area contributed by atoms with Crippen LogP contribution in [0.25, 0.3) is 33.5 Å². The van der Waals surface area contributed by atoms with Crippen LogP contribution in [0.15, 0.2) is 64.3 Å². The first kappa shape index (κ1) is 16.1. The molecule has 0 saturated carbocycles. The molecule has 0 radical (unpaired) electrons. The highest BCUT2D eigenvalue weighted by Gasteiger charge is 2.14. The van der Waals surface area contributed by atoms with Crippen molar-refractivity contribution in [2.24, 2.45) is 0 Å². The van der Waals surface area contributed by atoms with Crippen LogP contribution in [-0.4, -0.2) is 22.2 Å². The second-order valence-electron chi connectivity index (χ2n) is 5.87. The summed E-state index contributed by atoms with van der Waals surface area (Å²) in [7, 11) is 1.57. The van der Waals surface area contributed by atoms with Gasteiger partial charge in [-0.3, -0.25) is 4.79 Å². The fourth-order valence-electron chi connectivity index (χ4n) is 2.93. The Bertz CT molecular complexity index is 1110. The summed E-state index contributed by atoms with van der Waals surface area (Å²) in [5.74, 6) is 1.12. The summed E-state index contributed by atoms with van der Waals surface area (Å²) in [6, 6.07) is 12.5. The molecule has 4 aromatic rings. The Morgan fingerprint density at radius 1 is 1.19 bits per heavy atom. The Labute approximate surface area is 148 Å². The molecule has 0 amide bonds. The highest BCUT2D eigenvalue weighted by atomic mass is 16.5. The average molecular weight is 348 g/mol. The first-order valence-electron chi connectivity index (χ1n) is 8.03. The zero-order chi connectivity index (χ0) is 18.1. The van der Waals surface area contributed by atoms with E-state index in [1.807, 2.05) is 24.3 Å². The fourth-order valence-corrected chi connectivity index (χ4v) is 2.93. The number of aromatic amines is 1. The summed E-state index contributed by atoms with van der Waals surface area (Å²) in [4.78, 5) is 19.9. The number of benzene rings is 2. The van der Waals surface area contributed by atoms with Gasteiger partial charge in [0.1, 0.15) is 5.75 Å². The van der Waals surface area contributed by atoms with Gasteiger partial charge in [-0.25, -0.2) is 4.98 Å². The Morgan fingerprint density at radius 2 is 2.00 bits per heavy atom. The molecular formula is C20H16N2O4. The van der Waals surface area contributed by atoms with Crippen LogP contribution in [0.4, 0.5) is 0 Å². The quantitative estimate of drug-likeness (QED) is 0.590. The van der Waals surface area contributed by atoms with E-state index < -0.39 is 0 Å². The molecule has 26 heavy (non-hydrogen) atoms. The topological polar surface area (TPSA) is 88.4 Å². The lowest BCUT2D eigenvalue weighted by atomic mass is 10.0. The monoisotopic (exact) mass is 348 g/mol. The molecule has 0 fully saturated rings. The molecule has 0 aliphatic heterocycles. The number of fused-ring (bicyclic) bond motifs is 1. The second kappa shape index (κ2) is 6.50. The van der Waals surface area contributed by atoms with Gasteiger partial charge in [-0.1, -0.05) is 24.3 Å². The van der Waals surface area contributed by atoms with Gasteiger partial charge in [0.05, 0.1) is 31.0 Å². The minimum atomic E-state index is -0.108. The van der Waals surface area contributed by atoms with Crippen LogP contribution < -0.4 is 10.2 Å². The Hall–Kier alpha value is -3.38. The second-order valence-corrected chi connectivity index (χ2v) is 5.87. The van der Waals surface area contributed by atoms with Crippen molar-refractivity contribution in [1.82, 2.24) is 9.97 Å². The van der Waals surface area contributed by atoms with E-state index in [9.17, 15) is 4.79 Å². The molecule has 0 aliphatic carbocycles. The van der Waals surface area contributed by atoms with E-state index in [-0.39, 0.29) is 12.0 Å². The Kier molecular flexibility index (Phi) is 4.02. The minimum absolute atomic E-state index is 0.0177. The molecule has 0 bridgehead atoms. The number of rotatable bonds is 4. The van der Waals surface area contributed by atoms with Gasteiger partial charge in [0.25, 0.3) is 0 Å². The maximum absolute atomic E-state index is 12.7. The molecule has 4 rings (SSSR count). The van der Waals surface area contributed by atoms with Crippen molar-refractivity contribution in [3.63, 3.8) is 0 Å². The van der Waals surface area contributed by atoms with E-state index in [0.29, 0.717) is 33.7 Å². The lowest BCUT2D eigenvalue weighted by Crippen LogP contribution is -2.04. The smallest absolute Gasteiger partial charge is 0.190 e. The van der Waals surface area contributed by atoms with Crippen molar-refractivity contribution in [1.29, 1.82) is 0 Å². The SMILES string of the molecule is COc1cc2[nH]c(-c3ccc(CO)cc3)cc(=O)c2cc1-c1cnco1. The Morgan fingerprint density at radius 3 is 2.65 bits per heavy atom. The van der Waals surface area contributed by atoms with Crippen molar-refractivity contribution in [3.8, 4) is 28.3 Å². The maximum Gasteiger partial charge on any atom is 0.190 e. The van der Waals surface area contributed by atoms with Crippen molar-refractivity contribution in [2.75, 3.05) is 7.11 Å². The number of hydrogen-bond donors (Lipinski definition) is 2. The summed E-state index contributed by atoms with van der Waals surface area (Å²) in [6.07, 6.45) is 2.91. The fraction of sp³-hybridized carbons (Fsp3) is 0.100. The molecular weight excluding hydrogens is 332 g/mol. The largest absolute Gasteiger partial charge is 0.496 e. The standard InChI is InChI=1S/C20H16N2O4/c1-25-19-8-17-14(6-15(19)20-9-21-11-26-20)18(24)7-16(22-17)13-4-2-12(10-23)3-5-13/h2-9,11,23H,10H2,1H3,(H,22,24). The first-order valence-corrected chi connectivity index (χ1v) is 8.03. The van der Waals surface area contributed by atoms with Crippen molar-refractivity contribution >= 4 is 10.9 Å². The lowest BCUT2D eigenvalue weighted by Gasteiger charge is -2.10. The van der Waals surface area contributed by atoms with Gasteiger partial charge in [0, 0.05) is 23.2 Å². The van der Waals surface area contributed by atoms with Crippen LogP contribution in [0.3, 0.4) is 0 Å². The van der Waals surface area contributed by atoms with E-state index in [0.717, 1.165) is 11.1 Å². The molecule has 2 heterocycles. The molecule has 130 valence electrons. The van der Waals surface area contributed by atoms with E-state index in [1.165, 1.54) is 6.39 Å². The molecule has 6 nitrogen and oxygen atoms in total. The van der Waals surface area contributed by atoms with Gasteiger partial charge >= 0.3 is 0 Å². The third-order valence-electron chi connectivity index (χ3n) is 4.30. The Balaban J connectivity index is 1.89. The molecule has 0 saturated heterocycles. The number of aliphatic hydroxyl groups is 1. The molecule has 0 unspecified atom stereocenters. The van der Waals surface area contributed by atoms with E-state index in [2.05, 4.69) is 9.97 Å². The van der Waals surface area contributed by atoms with Crippen molar-refractivity contribution in [3.05, 3.63) is 70.8 Å². The molecule has 2 aromatic carbocycles. The molecule has 2 N–H and O–H groups in total. The van der Waals surface area contributed by atoms with E-state index in [4.69, 9.17) is 14.3 Å². The summed E-state index contributed by atoms with van der Waals surface area (Å²) >= 11 is 0. The molecule has 6 heteroatoms. The number of methoxy groups -OCH3 is 1. The van der Waals surface area contributed by atoms with Crippen LogP contribution >= 0.6 is 0 Å². The number of hydrogen-bond acceptors (Lipinski definition) is 5. The minimum Gasteiger partial charge on any atom is -0.496 e. The third kappa shape index (κ3) is 2.76. The zero-order valence-corrected chi connectivity index (χ0v) is 14.0. The predicted octanol–water partition coefficient (Wildman–Crippen LogP) is 3.35. The molecule has 0 atom stereocenters. The third-order valence-corrected chi connectivity index (χ3v) is 4.30. The number of aliphatic hydroxyl groups excluding tert-OH is 1. The van der Waals surface area contributed by atoms with Crippen LogP contribution in [0, 0.1) is 0 Å². The summed E-state index contributed by atoms with van der Waals surface area (Å²) < 4.78 is 10.8. The number of oxazole rings is 1. The van der Waals surface area contributed by atoms with Gasteiger partial charge in [-0.2, -0.15) is 0 Å². The number of pyridine rings is 1. The lowest BCUT2D eigenvalue weighted by molar-refractivity contribution is 0.282. The van der Waals surface area contributed by atoms with Crippen LogP contribution in [0.2, 0.25) is 0 Å². The van der Waals surface area contributed by atoms with Crippen molar-refractivity contribution < 1.29 is 14.3 Å². The first-order chi connectivity index (χ1) is 12.7. The molecule has 2 aromatic heterocycles. The number of nitrogens with zero attached hydrogens (tertiary/aromatic N) is 1. The van der Waals surface area contributed by atoms with Crippen LogP contribution in [0.5, 0.6) is 5.75 Å². The van der Waals surface area contributed by atoms with Gasteiger partial charge in [0.2, 0.25) is 0 Å². The summed E-state index contributed by atoms with van der Waals surface area (Å²) in [5.41, 5.74) is 3.60. The highest BCUT2D eigenvalue weighted by Crippen LogP contribution is 2.33. The number of nitrogens with one attached hydrogen (secondary N) is 1. The van der Waals surface area contributed by atoms with E-state index >= 15 is 0 Å². The van der Waals surface area contributed by atoms with Gasteiger partial charge in [0.15, 0.2) is 17.6 Å². The van der Waals surface area contributed by atoms with Crippen LogP contribution in [-0.2, 0) is 6.61 Å². The number of H-pyrrole nitrogens is 1. The summed E-state index contributed by atoms with van der Waals surface area (Å²) in [5, 5.41) is 9.70. The van der Waals surface area contributed by atoms with Gasteiger partial charge in [-0.15, -0.1) is 0 Å². The molecule has 0 spiro atoms. The highest BCUT2D eigenvalue weighted by molar-refractivity contribution is 5.88. The van der Waals surface area contributed by atoms with Crippen LogP contribution in [0.1, 0.15) is 5.56 Å². The van der Waals surface area contributed by atoms with Gasteiger partial charge < -0.3 is 19.2 Å². The number of ether oxygens (including phenoxy) is 1. The maximum atomic E-state index is 12.7. The normalized spacial score (nSPS) is 11.0.